The first-order valence-corrected chi connectivity index (χ1v) is 5.67. The highest BCUT2D eigenvalue weighted by Gasteiger charge is 2.29. The van der Waals surface area contributed by atoms with E-state index < -0.39 is 12.7 Å². The predicted molar refractivity (Wildman–Crippen MR) is 56.6 cm³/mol. The van der Waals surface area contributed by atoms with Crippen molar-refractivity contribution < 1.29 is 13.2 Å². The molecule has 1 fully saturated rings. The largest absolute Gasteiger partial charge is 0.409 e. The van der Waals surface area contributed by atoms with Gasteiger partial charge in [0, 0.05) is 26.2 Å². The van der Waals surface area contributed by atoms with Crippen molar-refractivity contribution in [2.24, 2.45) is 0 Å². The van der Waals surface area contributed by atoms with Crippen LogP contribution in [0.5, 0.6) is 0 Å². The number of aromatic nitrogens is 4. The Kier molecular flexibility index (Phi) is 3.81. The molecule has 1 aromatic heterocycles. The van der Waals surface area contributed by atoms with E-state index in [0.29, 0.717) is 17.2 Å². The number of piperazine rings is 1. The van der Waals surface area contributed by atoms with E-state index in [0.717, 1.165) is 26.2 Å². The van der Waals surface area contributed by atoms with Crippen molar-refractivity contribution in [1.82, 2.24) is 30.0 Å². The quantitative estimate of drug-likeness (QED) is 0.768. The molecule has 1 aromatic rings. The van der Waals surface area contributed by atoms with Gasteiger partial charge in [-0.1, -0.05) is 0 Å². The van der Waals surface area contributed by atoms with Crippen LogP contribution in [0.15, 0.2) is 0 Å². The van der Waals surface area contributed by atoms with Gasteiger partial charge in [-0.15, -0.1) is 10.2 Å². The lowest BCUT2D eigenvalue weighted by Gasteiger charge is -2.31. The molecule has 0 saturated carbocycles. The molecule has 6 nitrogen and oxygen atoms in total. The summed E-state index contributed by atoms with van der Waals surface area (Å²) >= 11 is 0. The van der Waals surface area contributed by atoms with Gasteiger partial charge in [0.25, 0.3) is 0 Å². The highest BCUT2D eigenvalue weighted by molar-refractivity contribution is 4.80. The van der Waals surface area contributed by atoms with Crippen molar-refractivity contribution >= 4 is 0 Å². The molecule has 18 heavy (non-hydrogen) atoms. The zero-order valence-electron chi connectivity index (χ0n) is 10.1. The summed E-state index contributed by atoms with van der Waals surface area (Å²) in [4.78, 5) is 4.89. The molecule has 9 heteroatoms. The number of tetrazole rings is 1. The summed E-state index contributed by atoms with van der Waals surface area (Å²) in [5.74, 6) is 0.337. The van der Waals surface area contributed by atoms with Crippen molar-refractivity contribution in [3.8, 4) is 0 Å². The Balaban J connectivity index is 1.87. The van der Waals surface area contributed by atoms with Crippen molar-refractivity contribution in [1.29, 1.82) is 0 Å². The number of nitrogens with zero attached hydrogens (tertiary/aromatic N) is 6. The first-order valence-electron chi connectivity index (χ1n) is 5.67. The van der Waals surface area contributed by atoms with E-state index in [1.54, 1.807) is 0 Å². The van der Waals surface area contributed by atoms with Crippen LogP contribution in [0.25, 0.3) is 0 Å². The first kappa shape index (κ1) is 13.2. The van der Waals surface area contributed by atoms with E-state index in [4.69, 9.17) is 0 Å². The SMILES string of the molecule is CN1CCN(Cc2nnn(CC(F)(F)F)n2)CC1. The van der Waals surface area contributed by atoms with Crippen molar-refractivity contribution in [3.63, 3.8) is 0 Å². The molecule has 0 atom stereocenters. The van der Waals surface area contributed by atoms with Gasteiger partial charge in [0.05, 0.1) is 6.54 Å². The van der Waals surface area contributed by atoms with E-state index >= 15 is 0 Å². The lowest BCUT2D eigenvalue weighted by Crippen LogP contribution is -2.44. The second kappa shape index (κ2) is 5.19. The maximum Gasteiger partial charge on any atom is 0.409 e. The highest BCUT2D eigenvalue weighted by Crippen LogP contribution is 2.16. The number of hydrogen-bond donors (Lipinski definition) is 0. The molecule has 0 N–H and O–H groups in total. The highest BCUT2D eigenvalue weighted by atomic mass is 19.4. The van der Waals surface area contributed by atoms with Crippen LogP contribution in [0.3, 0.4) is 0 Å². The number of halogens is 3. The molecule has 1 saturated heterocycles. The number of alkyl halides is 3. The van der Waals surface area contributed by atoms with Crippen LogP contribution in [0.1, 0.15) is 5.82 Å². The van der Waals surface area contributed by atoms with Gasteiger partial charge in [0.15, 0.2) is 12.4 Å². The lowest BCUT2D eigenvalue weighted by molar-refractivity contribution is -0.145. The Morgan fingerprint density at radius 3 is 2.44 bits per heavy atom. The summed E-state index contributed by atoms with van der Waals surface area (Å²) in [6.45, 7) is 2.87. The second-order valence-corrected chi connectivity index (χ2v) is 4.43. The van der Waals surface area contributed by atoms with Gasteiger partial charge in [-0.3, -0.25) is 4.90 Å². The first-order chi connectivity index (χ1) is 8.42. The molecule has 2 heterocycles. The molecular weight excluding hydrogens is 249 g/mol. The minimum absolute atomic E-state index is 0.337. The van der Waals surface area contributed by atoms with Gasteiger partial charge in [-0.2, -0.15) is 18.0 Å². The Labute approximate surface area is 102 Å². The van der Waals surface area contributed by atoms with E-state index in [1.165, 1.54) is 0 Å². The summed E-state index contributed by atoms with van der Waals surface area (Å²) in [5.41, 5.74) is 0. The number of hydrogen-bond acceptors (Lipinski definition) is 5. The Morgan fingerprint density at radius 1 is 1.17 bits per heavy atom. The van der Waals surface area contributed by atoms with Crippen molar-refractivity contribution in [2.75, 3.05) is 33.2 Å². The standard InChI is InChI=1S/C9H15F3N6/c1-16-2-4-17(5-3-16)6-8-13-15-18(14-8)7-9(10,11)12/h2-7H2,1H3. The summed E-state index contributed by atoms with van der Waals surface area (Å²) < 4.78 is 36.3. The molecule has 102 valence electrons. The van der Waals surface area contributed by atoms with Crippen LogP contribution in [0.2, 0.25) is 0 Å². The summed E-state index contributed by atoms with van der Waals surface area (Å²) in [5, 5.41) is 10.8. The summed E-state index contributed by atoms with van der Waals surface area (Å²) in [6.07, 6.45) is -4.31. The number of rotatable bonds is 3. The molecule has 0 aliphatic carbocycles. The van der Waals surface area contributed by atoms with E-state index in [1.807, 2.05) is 7.05 Å². The molecule has 0 amide bonds. The monoisotopic (exact) mass is 264 g/mol. The maximum atomic E-state index is 12.1. The maximum absolute atomic E-state index is 12.1. The van der Waals surface area contributed by atoms with Crippen molar-refractivity contribution in [2.45, 2.75) is 19.3 Å². The molecule has 1 aliphatic rings. The second-order valence-electron chi connectivity index (χ2n) is 4.43. The molecule has 0 radical (unpaired) electrons. The molecule has 0 spiro atoms. The Hall–Kier alpha value is -1.22. The number of likely N-dealkylation sites (N-methyl/N-ethyl adjacent to an activating group) is 1. The normalized spacial score (nSPS) is 19.3. The fraction of sp³-hybridized carbons (Fsp3) is 0.889. The van der Waals surface area contributed by atoms with Gasteiger partial charge in [-0.25, -0.2) is 0 Å². The van der Waals surface area contributed by atoms with Gasteiger partial charge < -0.3 is 4.90 Å². The average molecular weight is 264 g/mol. The van der Waals surface area contributed by atoms with Crippen LogP contribution in [0, 0.1) is 0 Å². The Morgan fingerprint density at radius 2 is 1.83 bits per heavy atom. The molecule has 1 aliphatic heterocycles. The lowest BCUT2D eigenvalue weighted by atomic mass is 10.3. The van der Waals surface area contributed by atoms with Crippen molar-refractivity contribution in [3.05, 3.63) is 5.82 Å². The summed E-state index contributed by atoms with van der Waals surface area (Å²) in [6, 6.07) is 0. The van der Waals surface area contributed by atoms with Gasteiger partial charge in [0.1, 0.15) is 0 Å². The third-order valence-corrected chi connectivity index (χ3v) is 2.78. The van der Waals surface area contributed by atoms with Crippen LogP contribution < -0.4 is 0 Å². The van der Waals surface area contributed by atoms with E-state index in [9.17, 15) is 13.2 Å². The third kappa shape index (κ3) is 3.91. The molecular formula is C9H15F3N6. The fourth-order valence-electron chi connectivity index (χ4n) is 1.77. The zero-order valence-corrected chi connectivity index (χ0v) is 10.1. The molecule has 0 bridgehead atoms. The molecule has 2 rings (SSSR count). The molecule has 0 aromatic carbocycles. The zero-order chi connectivity index (χ0) is 13.2. The fourth-order valence-corrected chi connectivity index (χ4v) is 1.77. The molecule has 0 unspecified atom stereocenters. The van der Waals surface area contributed by atoms with Gasteiger partial charge in [0.2, 0.25) is 0 Å². The average Bonchev–Trinajstić information content (AvgIpc) is 2.66. The predicted octanol–water partition coefficient (Wildman–Crippen LogP) is -0.0172. The topological polar surface area (TPSA) is 50.1 Å². The van der Waals surface area contributed by atoms with E-state index in [2.05, 4.69) is 25.2 Å². The Bertz CT molecular complexity index is 382. The third-order valence-electron chi connectivity index (χ3n) is 2.78. The van der Waals surface area contributed by atoms with E-state index in [-0.39, 0.29) is 0 Å². The minimum Gasteiger partial charge on any atom is -0.304 e. The van der Waals surface area contributed by atoms with Crippen LogP contribution in [-0.4, -0.2) is 69.4 Å². The minimum atomic E-state index is -4.31. The van der Waals surface area contributed by atoms with Crippen LogP contribution in [0.4, 0.5) is 13.2 Å². The van der Waals surface area contributed by atoms with Crippen LogP contribution in [-0.2, 0) is 13.1 Å². The smallest absolute Gasteiger partial charge is 0.304 e. The van der Waals surface area contributed by atoms with Gasteiger partial charge >= 0.3 is 6.18 Å². The van der Waals surface area contributed by atoms with Gasteiger partial charge in [-0.05, 0) is 12.3 Å². The summed E-state index contributed by atoms with van der Waals surface area (Å²) in [7, 11) is 2.04. The van der Waals surface area contributed by atoms with Crippen LogP contribution >= 0.6 is 0 Å².